The normalized spacial score (nSPS) is 12.0. The monoisotopic (exact) mass is 528 g/mol. The van der Waals surface area contributed by atoms with Gasteiger partial charge in [-0.05, 0) is 65.7 Å². The molecule has 0 fully saturated rings. The van der Waals surface area contributed by atoms with Gasteiger partial charge in [-0.15, -0.1) is 0 Å². The van der Waals surface area contributed by atoms with E-state index in [-0.39, 0.29) is 5.43 Å². The number of rotatable bonds is 2. The van der Waals surface area contributed by atoms with Gasteiger partial charge in [0, 0.05) is 39.5 Å². The van der Waals surface area contributed by atoms with Crippen molar-refractivity contribution in [2.45, 2.75) is 0 Å². The minimum absolute atomic E-state index is 0.0155. The topological polar surface area (TPSA) is 61.2 Å². The van der Waals surface area contributed by atoms with Gasteiger partial charge in [0.15, 0.2) is 5.58 Å². The highest BCUT2D eigenvalue weighted by Crippen LogP contribution is 2.38. The van der Waals surface area contributed by atoms with Crippen molar-refractivity contribution in [3.63, 3.8) is 0 Å². The lowest BCUT2D eigenvalue weighted by molar-refractivity contribution is 0.660. The highest BCUT2D eigenvalue weighted by molar-refractivity contribution is 6.17. The maximum absolute atomic E-state index is 13.2. The van der Waals surface area contributed by atoms with Crippen molar-refractivity contribution in [3.8, 4) is 16.8 Å². The summed E-state index contributed by atoms with van der Waals surface area (Å²) in [5.41, 5.74) is 8.04. The molecule has 0 aliphatic rings. The Morgan fingerprint density at radius 2 is 1.27 bits per heavy atom. The highest BCUT2D eigenvalue weighted by Gasteiger charge is 2.16. The number of nitrogens with zero attached hydrogens (tertiary/aromatic N) is 2. The minimum Gasteiger partial charge on any atom is -0.456 e. The molecule has 0 aliphatic carbocycles. The molecule has 0 bridgehead atoms. The van der Waals surface area contributed by atoms with Crippen molar-refractivity contribution >= 4 is 65.7 Å². The number of hydrogen-bond acceptors (Lipinski definition) is 4. The number of hydrogen-bond donors (Lipinski definition) is 0. The first-order valence-corrected chi connectivity index (χ1v) is 13.5. The second-order valence-corrected chi connectivity index (χ2v) is 10.4. The van der Waals surface area contributed by atoms with Crippen molar-refractivity contribution in [1.82, 2.24) is 9.55 Å². The maximum Gasteiger partial charge on any atom is 0.200 e. The first kappa shape index (κ1) is 22.2. The van der Waals surface area contributed by atoms with Crippen LogP contribution < -0.4 is 5.43 Å². The molecule has 4 aromatic heterocycles. The fourth-order valence-corrected chi connectivity index (χ4v) is 6.16. The lowest BCUT2D eigenvalue weighted by Crippen LogP contribution is -2.02. The molecule has 0 N–H and O–H groups in total. The van der Waals surface area contributed by atoms with Gasteiger partial charge in [0.05, 0.1) is 28.0 Å². The molecule has 0 unspecified atom stereocenters. The zero-order valence-electron chi connectivity index (χ0n) is 21.7. The molecule has 5 aromatic carbocycles. The zero-order valence-corrected chi connectivity index (χ0v) is 21.7. The summed E-state index contributed by atoms with van der Waals surface area (Å²) in [6.45, 7) is 0. The fourth-order valence-electron chi connectivity index (χ4n) is 6.16. The van der Waals surface area contributed by atoms with Crippen LogP contribution in [0.25, 0.3) is 82.5 Å². The lowest BCUT2D eigenvalue weighted by atomic mass is 10.0. The van der Waals surface area contributed by atoms with Crippen LogP contribution >= 0.6 is 0 Å². The van der Waals surface area contributed by atoms with E-state index in [0.29, 0.717) is 21.9 Å². The summed E-state index contributed by atoms with van der Waals surface area (Å²) < 4.78 is 14.5. The minimum atomic E-state index is -0.0155. The van der Waals surface area contributed by atoms with Crippen molar-refractivity contribution < 1.29 is 8.83 Å². The Kier molecular flexibility index (Phi) is 4.41. The number of aromatic nitrogens is 2. The first-order chi connectivity index (χ1) is 20.2. The van der Waals surface area contributed by atoms with Gasteiger partial charge in [-0.25, -0.2) is 0 Å². The summed E-state index contributed by atoms with van der Waals surface area (Å²) in [7, 11) is 0. The van der Waals surface area contributed by atoms with E-state index in [1.165, 1.54) is 10.8 Å². The fraction of sp³-hybridized carbons (Fsp3) is 0. The SMILES string of the molecule is O=c1c2ccccc2oc2ccc(-c3ccc(-n4c5ccccc5c5cc6c(cc54)oc4cnccc46)cc3)cc12. The Bertz CT molecular complexity index is 2550. The average molecular weight is 529 g/mol. The van der Waals surface area contributed by atoms with Crippen molar-refractivity contribution in [3.05, 3.63) is 132 Å². The van der Waals surface area contributed by atoms with Crippen LogP contribution in [0.2, 0.25) is 0 Å². The van der Waals surface area contributed by atoms with E-state index in [0.717, 1.165) is 49.8 Å². The quantitative estimate of drug-likeness (QED) is 0.210. The Hall–Kier alpha value is -5.68. The van der Waals surface area contributed by atoms with Gasteiger partial charge in [0.1, 0.15) is 16.7 Å². The molecule has 5 heteroatoms. The number of benzene rings is 5. The molecule has 41 heavy (non-hydrogen) atoms. The van der Waals surface area contributed by atoms with Gasteiger partial charge in [0.25, 0.3) is 0 Å². The van der Waals surface area contributed by atoms with Gasteiger partial charge >= 0.3 is 0 Å². The second-order valence-electron chi connectivity index (χ2n) is 10.4. The predicted molar refractivity (Wildman–Crippen MR) is 165 cm³/mol. The van der Waals surface area contributed by atoms with Crippen molar-refractivity contribution in [2.75, 3.05) is 0 Å². The number of para-hydroxylation sites is 2. The third-order valence-electron chi connectivity index (χ3n) is 8.10. The molecule has 9 aromatic rings. The highest BCUT2D eigenvalue weighted by atomic mass is 16.3. The molecule has 9 rings (SSSR count). The molecule has 0 saturated heterocycles. The number of pyridine rings is 1. The van der Waals surface area contributed by atoms with Crippen LogP contribution in [-0.4, -0.2) is 9.55 Å². The molecule has 4 heterocycles. The van der Waals surface area contributed by atoms with Crippen molar-refractivity contribution in [1.29, 1.82) is 0 Å². The van der Waals surface area contributed by atoms with Crippen LogP contribution in [0.15, 0.2) is 135 Å². The maximum atomic E-state index is 13.2. The predicted octanol–water partition coefficient (Wildman–Crippen LogP) is 9.00. The van der Waals surface area contributed by atoms with E-state index in [4.69, 9.17) is 8.83 Å². The third kappa shape index (κ3) is 3.17. The smallest absolute Gasteiger partial charge is 0.200 e. The zero-order chi connectivity index (χ0) is 27.1. The summed E-state index contributed by atoms with van der Waals surface area (Å²) in [6.07, 6.45) is 3.57. The van der Waals surface area contributed by atoms with E-state index in [9.17, 15) is 4.79 Å². The molecule has 0 amide bonds. The molecule has 5 nitrogen and oxygen atoms in total. The molecule has 192 valence electrons. The summed E-state index contributed by atoms with van der Waals surface area (Å²) in [5.74, 6) is 0. The van der Waals surface area contributed by atoms with Crippen LogP contribution in [-0.2, 0) is 0 Å². The van der Waals surface area contributed by atoms with Gasteiger partial charge < -0.3 is 13.4 Å². The number of fused-ring (bicyclic) bond motifs is 8. The van der Waals surface area contributed by atoms with Crippen LogP contribution in [0, 0.1) is 0 Å². The molecule has 0 atom stereocenters. The van der Waals surface area contributed by atoms with Crippen LogP contribution in [0.5, 0.6) is 0 Å². The van der Waals surface area contributed by atoms with E-state index in [1.807, 2.05) is 48.5 Å². The second kappa shape index (κ2) is 8.16. The van der Waals surface area contributed by atoms with Crippen molar-refractivity contribution in [2.24, 2.45) is 0 Å². The molecule has 0 spiro atoms. The molecule has 0 radical (unpaired) electrons. The first-order valence-electron chi connectivity index (χ1n) is 13.5. The Balaban J connectivity index is 1.22. The van der Waals surface area contributed by atoms with Crippen LogP contribution in [0.3, 0.4) is 0 Å². The molecular formula is C36H20N2O3. The van der Waals surface area contributed by atoms with E-state index in [1.54, 1.807) is 12.4 Å². The van der Waals surface area contributed by atoms with Crippen LogP contribution in [0.1, 0.15) is 0 Å². The van der Waals surface area contributed by atoms with Gasteiger partial charge in [0.2, 0.25) is 5.43 Å². The Labute approximate surface area is 232 Å². The third-order valence-corrected chi connectivity index (χ3v) is 8.10. The summed E-state index contributed by atoms with van der Waals surface area (Å²) in [4.78, 5) is 17.4. The molecule has 0 aliphatic heterocycles. The van der Waals surface area contributed by atoms with Gasteiger partial charge in [-0.3, -0.25) is 9.78 Å². The van der Waals surface area contributed by atoms with E-state index < -0.39 is 0 Å². The summed E-state index contributed by atoms with van der Waals surface area (Å²) >= 11 is 0. The lowest BCUT2D eigenvalue weighted by Gasteiger charge is -2.10. The number of furan rings is 1. The largest absolute Gasteiger partial charge is 0.456 e. The van der Waals surface area contributed by atoms with Crippen LogP contribution in [0.4, 0.5) is 0 Å². The van der Waals surface area contributed by atoms with Gasteiger partial charge in [-0.2, -0.15) is 0 Å². The van der Waals surface area contributed by atoms with E-state index >= 15 is 0 Å². The summed E-state index contributed by atoms with van der Waals surface area (Å²) in [6, 6.07) is 36.5. The Morgan fingerprint density at radius 3 is 2.17 bits per heavy atom. The van der Waals surface area contributed by atoms with E-state index in [2.05, 4.69) is 70.2 Å². The van der Waals surface area contributed by atoms with Gasteiger partial charge in [-0.1, -0.05) is 48.5 Å². The molecular weight excluding hydrogens is 508 g/mol. The Morgan fingerprint density at radius 1 is 0.512 bits per heavy atom. The summed E-state index contributed by atoms with van der Waals surface area (Å²) in [5, 5.41) is 5.68. The molecule has 0 saturated carbocycles. The standard InChI is InChI=1S/C36H20N2O3/c39-36-26-6-2-4-8-32(26)40-33-14-11-22(17-29(33)36)21-9-12-23(13-10-21)38-30-7-3-1-5-24(30)27-18-28-25-15-16-37-20-35(25)41-34(28)19-31(27)38/h1-20H. The average Bonchev–Trinajstić information content (AvgIpc) is 3.55.